The van der Waals surface area contributed by atoms with Gasteiger partial charge in [0.05, 0.1) is 11.9 Å². The van der Waals surface area contributed by atoms with Crippen LogP contribution in [0, 0.1) is 6.92 Å². The van der Waals surface area contributed by atoms with Crippen molar-refractivity contribution in [2.45, 2.75) is 6.92 Å². The van der Waals surface area contributed by atoms with E-state index in [9.17, 15) is 0 Å². The number of pyridine rings is 2. The van der Waals surface area contributed by atoms with Crippen LogP contribution in [0.4, 0.5) is 5.69 Å². The van der Waals surface area contributed by atoms with E-state index in [0.29, 0.717) is 0 Å². The topological polar surface area (TPSA) is 69.6 Å². The van der Waals surface area contributed by atoms with E-state index >= 15 is 0 Å². The third-order valence-electron chi connectivity index (χ3n) is 4.13. The van der Waals surface area contributed by atoms with Crippen molar-refractivity contribution in [3.05, 3.63) is 79.1 Å². The lowest BCUT2D eigenvalue weighted by atomic mass is 10.1. The molecule has 0 bridgehead atoms. The van der Waals surface area contributed by atoms with Gasteiger partial charge in [-0.25, -0.2) is 4.68 Å². The molecule has 3 aromatic heterocycles. The van der Waals surface area contributed by atoms with Crippen molar-refractivity contribution < 1.29 is 0 Å². The van der Waals surface area contributed by atoms with E-state index in [1.807, 2.05) is 72.9 Å². The molecule has 0 unspecified atom stereocenters. The summed E-state index contributed by atoms with van der Waals surface area (Å²) in [4.78, 5) is 8.54. The molecule has 2 N–H and O–H groups in total. The summed E-state index contributed by atoms with van der Waals surface area (Å²) in [5, 5.41) is 4.49. The van der Waals surface area contributed by atoms with Gasteiger partial charge in [-0.3, -0.25) is 9.97 Å². The zero-order valence-electron chi connectivity index (χ0n) is 13.8. The highest BCUT2D eigenvalue weighted by Crippen LogP contribution is 2.26. The lowest BCUT2D eigenvalue weighted by molar-refractivity contribution is 0.873. The molecule has 4 aromatic rings. The maximum absolute atomic E-state index is 5.91. The first-order valence-corrected chi connectivity index (χ1v) is 7.98. The summed E-state index contributed by atoms with van der Waals surface area (Å²) in [5.41, 5.74) is 12.8. The number of hydrogen-bond acceptors (Lipinski definition) is 4. The highest BCUT2D eigenvalue weighted by Gasteiger charge is 2.08. The Morgan fingerprint density at radius 2 is 1.64 bits per heavy atom. The molecular weight excluding hydrogens is 310 g/mol. The molecule has 0 amide bonds. The minimum atomic E-state index is 0.720. The second-order valence-electron chi connectivity index (χ2n) is 5.92. The summed E-state index contributed by atoms with van der Waals surface area (Å²) in [6, 6.07) is 11.9. The molecule has 0 aliphatic heterocycles. The minimum absolute atomic E-state index is 0.720. The van der Waals surface area contributed by atoms with Crippen LogP contribution in [-0.2, 0) is 0 Å². The normalized spacial score (nSPS) is 10.8. The fourth-order valence-corrected chi connectivity index (χ4v) is 2.77. The van der Waals surface area contributed by atoms with Gasteiger partial charge in [-0.05, 0) is 36.8 Å². The number of aryl methyl sites for hydroxylation is 1. The van der Waals surface area contributed by atoms with Crippen molar-refractivity contribution >= 4 is 5.69 Å². The predicted octanol–water partition coefficient (Wildman–Crippen LogP) is 3.89. The average molecular weight is 327 g/mol. The van der Waals surface area contributed by atoms with Gasteiger partial charge in [0.1, 0.15) is 0 Å². The first kappa shape index (κ1) is 15.1. The van der Waals surface area contributed by atoms with Crippen LogP contribution in [0.15, 0.2) is 73.6 Å². The van der Waals surface area contributed by atoms with E-state index in [-0.39, 0.29) is 0 Å². The van der Waals surface area contributed by atoms with Gasteiger partial charge in [0, 0.05) is 58.9 Å². The van der Waals surface area contributed by atoms with Crippen LogP contribution < -0.4 is 5.73 Å². The zero-order chi connectivity index (χ0) is 17.2. The number of benzene rings is 1. The molecule has 0 radical (unpaired) electrons. The maximum atomic E-state index is 5.91. The standard InChI is InChI=1S/C20H17N5/c1-14-4-5-19(21)8-20(14)25-13-18(12-24-25)17-7-16(10-23-11-17)15-3-2-6-22-9-15/h2-13H,21H2,1H3. The van der Waals surface area contributed by atoms with Crippen LogP contribution in [-0.4, -0.2) is 19.7 Å². The van der Waals surface area contributed by atoms with Crippen LogP contribution in [0.3, 0.4) is 0 Å². The van der Waals surface area contributed by atoms with Gasteiger partial charge < -0.3 is 5.73 Å². The van der Waals surface area contributed by atoms with Gasteiger partial charge in [0.15, 0.2) is 0 Å². The Morgan fingerprint density at radius 1 is 0.840 bits per heavy atom. The fourth-order valence-electron chi connectivity index (χ4n) is 2.77. The monoisotopic (exact) mass is 327 g/mol. The van der Waals surface area contributed by atoms with Gasteiger partial charge in [0.25, 0.3) is 0 Å². The Kier molecular flexibility index (Phi) is 3.74. The molecule has 5 heteroatoms. The Hall–Kier alpha value is -3.47. The summed E-state index contributed by atoms with van der Waals surface area (Å²) >= 11 is 0. The second kappa shape index (κ2) is 6.20. The molecule has 0 aliphatic rings. The molecule has 0 spiro atoms. The molecule has 0 saturated heterocycles. The molecular formula is C20H17N5. The van der Waals surface area contributed by atoms with Gasteiger partial charge in [-0.1, -0.05) is 12.1 Å². The van der Waals surface area contributed by atoms with Crippen LogP contribution in [0.25, 0.3) is 27.9 Å². The molecule has 0 aliphatic carbocycles. The molecule has 1 aromatic carbocycles. The largest absolute Gasteiger partial charge is 0.399 e. The maximum Gasteiger partial charge on any atom is 0.0695 e. The molecule has 25 heavy (non-hydrogen) atoms. The molecule has 4 rings (SSSR count). The molecule has 0 fully saturated rings. The number of nitrogens with two attached hydrogens (primary N) is 1. The average Bonchev–Trinajstić information content (AvgIpc) is 3.14. The summed E-state index contributed by atoms with van der Waals surface area (Å²) in [7, 11) is 0. The lowest BCUT2D eigenvalue weighted by Gasteiger charge is -2.06. The Balaban J connectivity index is 1.72. The molecule has 5 nitrogen and oxygen atoms in total. The third-order valence-corrected chi connectivity index (χ3v) is 4.13. The highest BCUT2D eigenvalue weighted by molar-refractivity contribution is 5.70. The number of rotatable bonds is 3. The van der Waals surface area contributed by atoms with Crippen molar-refractivity contribution in [3.8, 4) is 27.9 Å². The molecule has 3 heterocycles. The van der Waals surface area contributed by atoms with Crippen LogP contribution in [0.2, 0.25) is 0 Å². The van der Waals surface area contributed by atoms with Crippen molar-refractivity contribution in [2.24, 2.45) is 0 Å². The van der Waals surface area contributed by atoms with Gasteiger partial charge in [0.2, 0.25) is 0 Å². The van der Waals surface area contributed by atoms with Gasteiger partial charge in [-0.15, -0.1) is 0 Å². The number of anilines is 1. The molecule has 122 valence electrons. The second-order valence-corrected chi connectivity index (χ2v) is 5.92. The van der Waals surface area contributed by atoms with Crippen molar-refractivity contribution in [2.75, 3.05) is 5.73 Å². The Labute approximate surface area is 145 Å². The van der Waals surface area contributed by atoms with Crippen molar-refractivity contribution in [1.29, 1.82) is 0 Å². The predicted molar refractivity (Wildman–Crippen MR) is 99.2 cm³/mol. The van der Waals surface area contributed by atoms with E-state index in [4.69, 9.17) is 5.73 Å². The van der Waals surface area contributed by atoms with Crippen LogP contribution in [0.5, 0.6) is 0 Å². The van der Waals surface area contributed by atoms with Gasteiger partial charge in [-0.2, -0.15) is 5.10 Å². The Bertz CT molecular complexity index is 1020. The van der Waals surface area contributed by atoms with Crippen molar-refractivity contribution in [3.63, 3.8) is 0 Å². The minimum Gasteiger partial charge on any atom is -0.399 e. The number of nitrogens with zero attached hydrogens (tertiary/aromatic N) is 4. The summed E-state index contributed by atoms with van der Waals surface area (Å²) in [6.45, 7) is 2.04. The number of hydrogen-bond donors (Lipinski definition) is 1. The molecule has 0 atom stereocenters. The van der Waals surface area contributed by atoms with Gasteiger partial charge >= 0.3 is 0 Å². The smallest absolute Gasteiger partial charge is 0.0695 e. The molecule has 0 saturated carbocycles. The van der Waals surface area contributed by atoms with E-state index < -0.39 is 0 Å². The lowest BCUT2D eigenvalue weighted by Crippen LogP contribution is -1.98. The van der Waals surface area contributed by atoms with E-state index in [1.54, 1.807) is 6.20 Å². The highest BCUT2D eigenvalue weighted by atomic mass is 15.3. The zero-order valence-corrected chi connectivity index (χ0v) is 13.8. The first-order valence-electron chi connectivity index (χ1n) is 7.98. The third kappa shape index (κ3) is 2.99. The fraction of sp³-hybridized carbons (Fsp3) is 0.0500. The Morgan fingerprint density at radius 3 is 2.44 bits per heavy atom. The quantitative estimate of drug-likeness (QED) is 0.580. The summed E-state index contributed by atoms with van der Waals surface area (Å²) in [5.74, 6) is 0. The summed E-state index contributed by atoms with van der Waals surface area (Å²) < 4.78 is 1.85. The summed E-state index contributed by atoms with van der Waals surface area (Å²) in [6.07, 6.45) is 11.1. The first-order chi connectivity index (χ1) is 12.2. The van der Waals surface area contributed by atoms with E-state index in [0.717, 1.165) is 39.2 Å². The van der Waals surface area contributed by atoms with E-state index in [1.165, 1.54) is 0 Å². The van der Waals surface area contributed by atoms with Crippen molar-refractivity contribution in [1.82, 2.24) is 19.7 Å². The van der Waals surface area contributed by atoms with Crippen LogP contribution in [0.1, 0.15) is 5.56 Å². The SMILES string of the molecule is Cc1ccc(N)cc1-n1cc(-c2cncc(-c3cccnc3)c2)cn1. The van der Waals surface area contributed by atoms with E-state index in [2.05, 4.69) is 21.1 Å². The number of aromatic nitrogens is 4. The number of nitrogen functional groups attached to an aromatic ring is 1. The van der Waals surface area contributed by atoms with Crippen LogP contribution >= 0.6 is 0 Å².